The van der Waals surface area contributed by atoms with Gasteiger partial charge in [0.25, 0.3) is 0 Å². The number of imidazole rings is 1. The molecule has 1 aliphatic rings. The topological polar surface area (TPSA) is 17.8 Å². The van der Waals surface area contributed by atoms with Gasteiger partial charge in [0.05, 0.1) is 5.69 Å². The van der Waals surface area contributed by atoms with Crippen LogP contribution in [0.3, 0.4) is 0 Å². The van der Waals surface area contributed by atoms with Gasteiger partial charge in [-0.05, 0) is 29.8 Å². The highest BCUT2D eigenvalue weighted by molar-refractivity contribution is 5.70. The third kappa shape index (κ3) is 1.58. The van der Waals surface area contributed by atoms with E-state index in [1.165, 1.54) is 23.3 Å². The molecule has 2 heterocycles. The first-order valence-electron chi connectivity index (χ1n) is 6.23. The molecule has 1 aromatic heterocycles. The van der Waals surface area contributed by atoms with E-state index in [1.54, 1.807) is 12.1 Å². The molecule has 4 rings (SSSR count). The summed E-state index contributed by atoms with van der Waals surface area (Å²) in [6, 6.07) is 14.8. The van der Waals surface area contributed by atoms with E-state index < -0.39 is 0 Å². The maximum absolute atomic E-state index is 12.9. The largest absolute Gasteiger partial charge is 0.326 e. The SMILES string of the molecule is Fc1ccc(-c2cn3c(n2)-c2ccccc2C3)cc1. The molecule has 0 N–H and O–H groups in total. The second-order valence-corrected chi connectivity index (χ2v) is 4.74. The van der Waals surface area contributed by atoms with Crippen molar-refractivity contribution in [1.82, 2.24) is 9.55 Å². The number of halogens is 1. The number of rotatable bonds is 1. The van der Waals surface area contributed by atoms with Crippen LogP contribution in [0.1, 0.15) is 5.56 Å². The van der Waals surface area contributed by atoms with Crippen LogP contribution in [-0.2, 0) is 6.54 Å². The van der Waals surface area contributed by atoms with Gasteiger partial charge in [0.15, 0.2) is 0 Å². The van der Waals surface area contributed by atoms with Crippen molar-refractivity contribution in [3.8, 4) is 22.6 Å². The summed E-state index contributed by atoms with van der Waals surface area (Å²) in [4.78, 5) is 4.67. The minimum absolute atomic E-state index is 0.221. The van der Waals surface area contributed by atoms with E-state index in [-0.39, 0.29) is 5.82 Å². The molecule has 0 radical (unpaired) electrons. The monoisotopic (exact) mass is 250 g/mol. The Morgan fingerprint density at radius 3 is 2.63 bits per heavy atom. The molecule has 3 heteroatoms. The van der Waals surface area contributed by atoms with Crippen LogP contribution >= 0.6 is 0 Å². The Labute approximate surface area is 110 Å². The minimum Gasteiger partial charge on any atom is -0.326 e. The molecule has 1 aliphatic heterocycles. The zero-order valence-corrected chi connectivity index (χ0v) is 10.2. The summed E-state index contributed by atoms with van der Waals surface area (Å²) in [5.74, 6) is 0.774. The average Bonchev–Trinajstić information content (AvgIpc) is 2.97. The van der Waals surface area contributed by atoms with Gasteiger partial charge in [0.2, 0.25) is 0 Å². The van der Waals surface area contributed by atoms with Gasteiger partial charge in [0, 0.05) is 23.9 Å². The Morgan fingerprint density at radius 1 is 1.00 bits per heavy atom. The number of hydrogen-bond donors (Lipinski definition) is 0. The zero-order valence-electron chi connectivity index (χ0n) is 10.2. The van der Waals surface area contributed by atoms with Crippen LogP contribution < -0.4 is 0 Å². The lowest BCUT2D eigenvalue weighted by Crippen LogP contribution is -1.89. The summed E-state index contributed by atoms with van der Waals surface area (Å²) in [5.41, 5.74) is 4.33. The highest BCUT2D eigenvalue weighted by atomic mass is 19.1. The highest BCUT2D eigenvalue weighted by Crippen LogP contribution is 2.33. The Bertz CT molecular complexity index is 757. The Hall–Kier alpha value is -2.42. The number of benzene rings is 2. The molecule has 0 amide bonds. The Morgan fingerprint density at radius 2 is 1.79 bits per heavy atom. The molecular weight excluding hydrogens is 239 g/mol. The summed E-state index contributed by atoms with van der Waals surface area (Å²) in [7, 11) is 0. The maximum atomic E-state index is 12.9. The normalized spacial score (nSPS) is 12.3. The van der Waals surface area contributed by atoms with Gasteiger partial charge in [-0.3, -0.25) is 0 Å². The molecule has 0 bridgehead atoms. The number of fused-ring (bicyclic) bond motifs is 3. The zero-order chi connectivity index (χ0) is 12.8. The van der Waals surface area contributed by atoms with Crippen molar-refractivity contribution in [3.05, 3.63) is 66.1 Å². The van der Waals surface area contributed by atoms with Gasteiger partial charge in [-0.1, -0.05) is 24.3 Å². The molecule has 0 spiro atoms. The first-order chi connectivity index (χ1) is 9.31. The van der Waals surface area contributed by atoms with E-state index >= 15 is 0 Å². The number of aromatic nitrogens is 2. The summed E-state index contributed by atoms with van der Waals surface area (Å²) in [5, 5.41) is 0. The Kier molecular flexibility index (Phi) is 2.09. The molecule has 0 saturated carbocycles. The Balaban J connectivity index is 1.82. The molecule has 0 unspecified atom stereocenters. The second-order valence-electron chi connectivity index (χ2n) is 4.74. The molecule has 19 heavy (non-hydrogen) atoms. The summed E-state index contributed by atoms with van der Waals surface area (Å²) < 4.78 is 15.1. The molecule has 0 atom stereocenters. The third-order valence-corrected chi connectivity index (χ3v) is 3.52. The van der Waals surface area contributed by atoms with Gasteiger partial charge >= 0.3 is 0 Å². The van der Waals surface area contributed by atoms with E-state index in [0.29, 0.717) is 0 Å². The third-order valence-electron chi connectivity index (χ3n) is 3.52. The van der Waals surface area contributed by atoms with Gasteiger partial charge in [-0.2, -0.15) is 0 Å². The van der Waals surface area contributed by atoms with E-state index in [9.17, 15) is 4.39 Å². The van der Waals surface area contributed by atoms with Crippen molar-refractivity contribution in [2.75, 3.05) is 0 Å². The summed E-state index contributed by atoms with van der Waals surface area (Å²) >= 11 is 0. The van der Waals surface area contributed by atoms with E-state index in [2.05, 4.69) is 21.7 Å². The van der Waals surface area contributed by atoms with Gasteiger partial charge in [-0.15, -0.1) is 0 Å². The molecule has 0 fully saturated rings. The van der Waals surface area contributed by atoms with Crippen LogP contribution in [0.15, 0.2) is 54.7 Å². The van der Waals surface area contributed by atoms with Crippen LogP contribution in [-0.4, -0.2) is 9.55 Å². The predicted molar refractivity (Wildman–Crippen MR) is 72.2 cm³/mol. The lowest BCUT2D eigenvalue weighted by Gasteiger charge is -1.98. The van der Waals surface area contributed by atoms with Crippen molar-refractivity contribution in [2.24, 2.45) is 0 Å². The molecular formula is C16H11FN2. The maximum Gasteiger partial charge on any atom is 0.141 e. The molecule has 92 valence electrons. The van der Waals surface area contributed by atoms with Crippen LogP contribution in [0.25, 0.3) is 22.6 Å². The lowest BCUT2D eigenvalue weighted by atomic mass is 10.1. The molecule has 3 aromatic rings. The van der Waals surface area contributed by atoms with Crippen molar-refractivity contribution in [3.63, 3.8) is 0 Å². The van der Waals surface area contributed by atoms with E-state index in [4.69, 9.17) is 0 Å². The lowest BCUT2D eigenvalue weighted by molar-refractivity contribution is 0.628. The number of nitrogens with zero attached hydrogens (tertiary/aromatic N) is 2. The van der Waals surface area contributed by atoms with Crippen LogP contribution in [0.5, 0.6) is 0 Å². The van der Waals surface area contributed by atoms with Crippen molar-refractivity contribution in [1.29, 1.82) is 0 Å². The number of hydrogen-bond acceptors (Lipinski definition) is 1. The summed E-state index contributed by atoms with van der Waals surface area (Å²) in [6.07, 6.45) is 2.03. The van der Waals surface area contributed by atoms with Gasteiger partial charge in [-0.25, -0.2) is 9.37 Å². The molecule has 0 saturated heterocycles. The molecule has 0 aliphatic carbocycles. The van der Waals surface area contributed by atoms with Crippen molar-refractivity contribution < 1.29 is 4.39 Å². The fraction of sp³-hybridized carbons (Fsp3) is 0.0625. The van der Waals surface area contributed by atoms with Crippen LogP contribution in [0.2, 0.25) is 0 Å². The molecule has 2 aromatic carbocycles. The van der Waals surface area contributed by atoms with Crippen LogP contribution in [0, 0.1) is 5.82 Å². The minimum atomic E-state index is -0.221. The fourth-order valence-electron chi connectivity index (χ4n) is 2.57. The van der Waals surface area contributed by atoms with Gasteiger partial charge in [0.1, 0.15) is 11.6 Å². The van der Waals surface area contributed by atoms with Gasteiger partial charge < -0.3 is 4.57 Å². The van der Waals surface area contributed by atoms with E-state index in [0.717, 1.165) is 23.6 Å². The standard InChI is InChI=1S/C16H11FN2/c17-13-7-5-11(6-8-13)15-10-19-9-12-3-1-2-4-14(12)16(19)18-15/h1-8,10H,9H2. The smallest absolute Gasteiger partial charge is 0.141 e. The summed E-state index contributed by atoms with van der Waals surface area (Å²) in [6.45, 7) is 0.861. The fourth-order valence-corrected chi connectivity index (χ4v) is 2.57. The first kappa shape index (κ1) is 10.5. The first-order valence-corrected chi connectivity index (χ1v) is 6.23. The van der Waals surface area contributed by atoms with Crippen molar-refractivity contribution in [2.45, 2.75) is 6.54 Å². The predicted octanol–water partition coefficient (Wildman–Crippen LogP) is 3.72. The average molecular weight is 250 g/mol. The quantitative estimate of drug-likeness (QED) is 0.503. The van der Waals surface area contributed by atoms with Crippen molar-refractivity contribution >= 4 is 0 Å². The van der Waals surface area contributed by atoms with E-state index in [1.807, 2.05) is 18.3 Å². The highest BCUT2D eigenvalue weighted by Gasteiger charge is 2.20. The molecule has 2 nitrogen and oxygen atoms in total. The van der Waals surface area contributed by atoms with Crippen LogP contribution in [0.4, 0.5) is 4.39 Å². The second kappa shape index (κ2) is 3.79.